The van der Waals surface area contributed by atoms with E-state index in [0.29, 0.717) is 35.7 Å². The van der Waals surface area contributed by atoms with Crippen LogP contribution in [0.1, 0.15) is 74.1 Å². The summed E-state index contributed by atoms with van der Waals surface area (Å²) in [7, 11) is 3.09. The van der Waals surface area contributed by atoms with Gasteiger partial charge in [0.05, 0.1) is 27.1 Å². The Balaban J connectivity index is 1.68. The molecule has 0 spiro atoms. The molecule has 0 aliphatic rings. The van der Waals surface area contributed by atoms with Crippen LogP contribution in [-0.2, 0) is 40.0 Å². The van der Waals surface area contributed by atoms with E-state index in [0.717, 1.165) is 16.7 Å². The molecule has 0 heterocycles. The molecule has 0 fully saturated rings. The van der Waals surface area contributed by atoms with E-state index in [9.17, 15) is 63.9 Å². The molecule has 11 N–H and O–H groups in total. The van der Waals surface area contributed by atoms with Crippen LogP contribution in [0.3, 0.4) is 0 Å². The maximum atomic E-state index is 13.5. The zero-order valence-corrected chi connectivity index (χ0v) is 39.7. The van der Waals surface area contributed by atoms with E-state index < -0.39 is 103 Å². The second-order valence-electron chi connectivity index (χ2n) is 16.8. The number of nitrogens with one attached hydrogen (secondary N) is 5. The number of aliphatic imine (C=N–C) groups is 2. The van der Waals surface area contributed by atoms with Crippen molar-refractivity contribution in [3.05, 3.63) is 82.9 Å². The van der Waals surface area contributed by atoms with E-state index in [2.05, 4.69) is 26.3 Å². The number of phenolic OH excluding ortho intramolecular Hbond substituents is 1. The van der Waals surface area contributed by atoms with Gasteiger partial charge in [0.25, 0.3) is 0 Å². The number of anilines is 1. The van der Waals surface area contributed by atoms with Crippen LogP contribution in [-0.4, -0.2) is 149 Å². The van der Waals surface area contributed by atoms with Gasteiger partial charge in [0.2, 0.25) is 11.8 Å². The normalized spacial score (nSPS) is 13.7. The Kier molecular flexibility index (Phi) is 22.8. The fourth-order valence-corrected chi connectivity index (χ4v) is 6.94. The van der Waals surface area contributed by atoms with Crippen molar-refractivity contribution in [1.29, 1.82) is 0 Å². The molecular formula is C48H61N7O16. The van der Waals surface area contributed by atoms with Gasteiger partial charge >= 0.3 is 35.9 Å². The van der Waals surface area contributed by atoms with Crippen molar-refractivity contribution >= 4 is 65.8 Å². The van der Waals surface area contributed by atoms with E-state index in [1.165, 1.54) is 13.2 Å². The van der Waals surface area contributed by atoms with E-state index in [1.54, 1.807) is 55.9 Å². The number of aromatic hydroxyl groups is 1. The predicted molar refractivity (Wildman–Crippen MR) is 258 cm³/mol. The molecule has 0 radical (unpaired) electrons. The fraction of sp³-hybridized carbons (Fsp3) is 0.417. The first-order valence-electron chi connectivity index (χ1n) is 22.2. The molecule has 384 valence electrons. The van der Waals surface area contributed by atoms with Crippen LogP contribution < -0.4 is 36.1 Å². The van der Waals surface area contributed by atoms with Crippen molar-refractivity contribution in [3.63, 3.8) is 0 Å². The van der Waals surface area contributed by atoms with Crippen molar-refractivity contribution in [3.8, 4) is 17.2 Å². The van der Waals surface area contributed by atoms with Gasteiger partial charge in [-0.25, -0.2) is 14.4 Å². The van der Waals surface area contributed by atoms with Crippen LogP contribution in [0.4, 0.5) is 10.5 Å². The maximum Gasteiger partial charge on any atom is 0.326 e. The second-order valence-corrected chi connectivity index (χ2v) is 16.8. The van der Waals surface area contributed by atoms with Gasteiger partial charge in [0, 0.05) is 55.2 Å². The van der Waals surface area contributed by atoms with Gasteiger partial charge < -0.3 is 66.7 Å². The van der Waals surface area contributed by atoms with E-state index in [1.807, 2.05) is 37.4 Å². The van der Waals surface area contributed by atoms with Gasteiger partial charge in [-0.3, -0.25) is 34.0 Å². The van der Waals surface area contributed by atoms with Gasteiger partial charge in [-0.1, -0.05) is 25.1 Å². The van der Waals surface area contributed by atoms with Crippen molar-refractivity contribution in [2.24, 2.45) is 15.4 Å². The van der Waals surface area contributed by atoms with Gasteiger partial charge in [0.1, 0.15) is 41.4 Å². The molecule has 0 saturated heterocycles. The largest absolute Gasteiger partial charge is 0.507 e. The number of hydrogen-bond donors (Lipinski definition) is 11. The topological polar surface area (TPSA) is 361 Å². The van der Waals surface area contributed by atoms with Crippen molar-refractivity contribution in [2.45, 2.75) is 89.4 Å². The number of carboxylic acids is 5. The average Bonchev–Trinajstić information content (AvgIpc) is 3.30. The summed E-state index contributed by atoms with van der Waals surface area (Å²) in [5, 5.41) is 69.0. The van der Waals surface area contributed by atoms with Gasteiger partial charge in [-0.2, -0.15) is 0 Å². The molecule has 3 aromatic rings. The summed E-state index contributed by atoms with van der Waals surface area (Å²) in [6.45, 7) is 4.44. The van der Waals surface area contributed by atoms with Gasteiger partial charge in [-0.05, 0) is 98.2 Å². The molecule has 4 amide bonds. The first kappa shape index (κ1) is 57.1. The Morgan fingerprint density at radius 3 is 1.76 bits per heavy atom. The highest BCUT2D eigenvalue weighted by Gasteiger charge is 2.30. The molecule has 5 atom stereocenters. The monoisotopic (exact) mass is 991 g/mol. The lowest BCUT2D eigenvalue weighted by Gasteiger charge is -2.26. The van der Waals surface area contributed by atoms with Gasteiger partial charge in [-0.15, -0.1) is 0 Å². The predicted octanol–water partition coefficient (Wildman–Crippen LogP) is 3.08. The van der Waals surface area contributed by atoms with Gasteiger partial charge in [0.15, 0.2) is 0 Å². The molecule has 0 aliphatic heterocycles. The summed E-state index contributed by atoms with van der Waals surface area (Å²) in [6, 6.07) is 9.88. The number of unbranched alkanes of at least 4 members (excludes halogenated alkanes) is 1. The number of carbonyl (C=O) groups excluding carboxylic acids is 3. The molecule has 0 bridgehead atoms. The lowest BCUT2D eigenvalue weighted by molar-refractivity contribution is -0.142. The van der Waals surface area contributed by atoms with Crippen molar-refractivity contribution in [1.82, 2.24) is 21.3 Å². The van der Waals surface area contributed by atoms with Crippen LogP contribution in [0.25, 0.3) is 0 Å². The number of aryl methyl sites for hydroxylation is 1. The first-order valence-corrected chi connectivity index (χ1v) is 22.2. The van der Waals surface area contributed by atoms with Crippen molar-refractivity contribution < 1.29 is 78.5 Å². The minimum absolute atomic E-state index is 0.0229. The number of methoxy groups -OCH3 is 2. The molecule has 23 nitrogen and oxygen atoms in total. The number of aliphatic carboxylic acids is 5. The average molecular weight is 992 g/mol. The third-order valence-electron chi connectivity index (χ3n) is 10.8. The minimum atomic E-state index is -1.65. The number of carboxylic acid groups (broad SMARTS) is 5. The summed E-state index contributed by atoms with van der Waals surface area (Å²) in [6.07, 6.45) is 1.14. The molecule has 23 heteroatoms. The smallest absolute Gasteiger partial charge is 0.326 e. The third-order valence-corrected chi connectivity index (χ3v) is 10.8. The second kappa shape index (κ2) is 28.3. The van der Waals surface area contributed by atoms with Crippen LogP contribution in [0.5, 0.6) is 17.2 Å². The highest BCUT2D eigenvalue weighted by Crippen LogP contribution is 2.27. The standard InChI is InChI=1S/C48H61N7O16/c1-28-8-13-33(70-3)19-30(28)24-49-26-48(2,27-50-25-31-20-34(71-4)14-16-39(31)56)23-29-9-11-32(12-10-29)52-38(22-42(61)62)44(64)53-37(21-41(59)60)43(63)51-18-6-5-7-35(45(65)66)54-47(69)55-36(46(67)68)15-17-40(57)58/h8-14,16,19-20,24-25,35-38,52,56H,5-7,15,17-18,21-23,26-27H2,1-4H3,(H,51,63)(H,53,64)(H,57,58)(H,59,60)(H,61,62)(H,65,66)(H,67,68)(H2,54,55,69). The zero-order chi connectivity index (χ0) is 52.7. The van der Waals surface area contributed by atoms with E-state index in [-0.39, 0.29) is 38.1 Å². The molecule has 3 aromatic carbocycles. The Bertz CT molecular complexity index is 2340. The lowest BCUT2D eigenvalue weighted by atomic mass is 9.83. The number of phenols is 1. The maximum absolute atomic E-state index is 13.5. The molecule has 3 rings (SSSR count). The third kappa shape index (κ3) is 20.5. The lowest BCUT2D eigenvalue weighted by Crippen LogP contribution is -2.52. The minimum Gasteiger partial charge on any atom is -0.507 e. The number of benzene rings is 3. The number of carbonyl (C=O) groups is 8. The molecule has 71 heavy (non-hydrogen) atoms. The Morgan fingerprint density at radius 1 is 0.648 bits per heavy atom. The fourth-order valence-electron chi connectivity index (χ4n) is 6.94. The number of nitrogens with zero attached hydrogens (tertiary/aromatic N) is 2. The highest BCUT2D eigenvalue weighted by molar-refractivity contribution is 5.95. The SMILES string of the molecule is COc1ccc(C)c(C=NCC(C)(CN=Cc2cc(OC)ccc2O)Cc2ccc(NC(CC(=O)O)C(=O)NC(CC(=O)O)C(=O)NCCCCC(NC(=O)NC(CCC(=O)O)C(=O)O)C(=O)O)cc2)c1. The van der Waals surface area contributed by atoms with Crippen LogP contribution >= 0.6 is 0 Å². The summed E-state index contributed by atoms with van der Waals surface area (Å²) in [5.74, 6) is -7.79. The molecular weight excluding hydrogens is 931 g/mol. The summed E-state index contributed by atoms with van der Waals surface area (Å²) in [4.78, 5) is 106. The number of hydrogen-bond acceptors (Lipinski definition) is 14. The summed E-state index contributed by atoms with van der Waals surface area (Å²) >= 11 is 0. The van der Waals surface area contributed by atoms with Crippen LogP contribution in [0.2, 0.25) is 0 Å². The molecule has 5 unspecified atom stereocenters. The number of amides is 4. The number of ether oxygens (including phenoxy) is 2. The van der Waals surface area contributed by atoms with Crippen molar-refractivity contribution in [2.75, 3.05) is 39.2 Å². The van der Waals surface area contributed by atoms with E-state index in [4.69, 9.17) is 19.6 Å². The number of rotatable bonds is 31. The van der Waals surface area contributed by atoms with E-state index >= 15 is 0 Å². The Hall–Kier alpha value is -8.24. The quantitative estimate of drug-likeness (QED) is 0.0326. The summed E-state index contributed by atoms with van der Waals surface area (Å²) in [5.41, 5.74) is 2.92. The Labute approximate surface area is 408 Å². The Morgan fingerprint density at radius 2 is 1.20 bits per heavy atom. The molecule has 0 saturated carbocycles. The van der Waals surface area contributed by atoms with Crippen LogP contribution in [0, 0.1) is 12.3 Å². The first-order chi connectivity index (χ1) is 33.6. The highest BCUT2D eigenvalue weighted by atomic mass is 16.5. The zero-order valence-electron chi connectivity index (χ0n) is 39.7. The summed E-state index contributed by atoms with van der Waals surface area (Å²) < 4.78 is 10.7. The molecule has 0 aromatic heterocycles. The van der Waals surface area contributed by atoms with Crippen LogP contribution in [0.15, 0.2) is 70.6 Å². The molecule has 0 aliphatic carbocycles. The number of urea groups is 1.